The van der Waals surface area contributed by atoms with Crippen molar-refractivity contribution in [3.63, 3.8) is 0 Å². The molecule has 0 aromatic heterocycles. The molecule has 0 unspecified atom stereocenters. The first kappa shape index (κ1) is 21.8. The Morgan fingerprint density at radius 3 is 2.69 bits per heavy atom. The second-order valence-electron chi connectivity index (χ2n) is 7.87. The Balaban J connectivity index is 1.63. The van der Waals surface area contributed by atoms with E-state index in [1.54, 1.807) is 25.1 Å². The third-order valence-electron chi connectivity index (χ3n) is 4.91. The molecule has 1 atom stereocenters. The van der Waals surface area contributed by atoms with Crippen LogP contribution in [0.5, 0.6) is 5.75 Å². The summed E-state index contributed by atoms with van der Waals surface area (Å²) in [5.74, 6) is 0.395. The molecule has 0 fully saturated rings. The van der Waals surface area contributed by atoms with Crippen molar-refractivity contribution >= 4 is 9.84 Å². The standard InChI is InChI=1S/C22H30N2O4S/c1-3-12-24(15-18-7-5-4-6-8-18)23-16-22(2,25)17-29(26,27)20-9-10-21-19(14-20)11-13-28-21/h4-10,14,23,25H,3,11-13,15-17H2,1-2H3/t22-/m1/s1. The Kier molecular flexibility index (Phi) is 6.95. The lowest BCUT2D eigenvalue weighted by Gasteiger charge is -2.29. The van der Waals surface area contributed by atoms with Crippen molar-refractivity contribution in [1.82, 2.24) is 10.4 Å². The Hall–Kier alpha value is -1.93. The maximum Gasteiger partial charge on any atom is 0.181 e. The summed E-state index contributed by atoms with van der Waals surface area (Å²) in [4.78, 5) is 0.233. The number of hydrogen-bond donors (Lipinski definition) is 2. The highest BCUT2D eigenvalue weighted by Crippen LogP contribution is 2.28. The monoisotopic (exact) mass is 418 g/mol. The van der Waals surface area contributed by atoms with E-state index < -0.39 is 15.4 Å². The lowest BCUT2D eigenvalue weighted by atomic mass is 10.1. The van der Waals surface area contributed by atoms with E-state index in [4.69, 9.17) is 4.74 Å². The summed E-state index contributed by atoms with van der Waals surface area (Å²) in [5.41, 5.74) is 3.88. The SMILES string of the molecule is CCCN(Cc1ccccc1)NC[C@@](C)(O)CS(=O)(=O)c1ccc2c(c1)CCO2. The summed E-state index contributed by atoms with van der Waals surface area (Å²) in [7, 11) is -3.62. The van der Waals surface area contributed by atoms with E-state index >= 15 is 0 Å². The van der Waals surface area contributed by atoms with E-state index in [2.05, 4.69) is 12.3 Å². The first-order valence-corrected chi connectivity index (χ1v) is 11.7. The molecule has 1 aliphatic heterocycles. The summed E-state index contributed by atoms with van der Waals surface area (Å²) in [6, 6.07) is 15.0. The van der Waals surface area contributed by atoms with Gasteiger partial charge in [-0.25, -0.2) is 13.4 Å². The largest absolute Gasteiger partial charge is 0.493 e. The molecule has 0 aliphatic carbocycles. The predicted octanol–water partition coefficient (Wildman–Crippen LogP) is 2.56. The molecular formula is C22H30N2O4S. The maximum absolute atomic E-state index is 12.9. The Bertz CT molecular complexity index is 914. The molecule has 2 N–H and O–H groups in total. The molecule has 0 spiro atoms. The molecule has 1 aliphatic rings. The highest BCUT2D eigenvalue weighted by Gasteiger charge is 2.31. The highest BCUT2D eigenvalue weighted by atomic mass is 32.2. The number of hydrazine groups is 1. The highest BCUT2D eigenvalue weighted by molar-refractivity contribution is 7.91. The fourth-order valence-corrected chi connectivity index (χ4v) is 5.15. The second-order valence-corrected chi connectivity index (χ2v) is 9.86. The summed E-state index contributed by atoms with van der Waals surface area (Å²) >= 11 is 0. The summed E-state index contributed by atoms with van der Waals surface area (Å²) in [6.45, 7) is 5.84. The number of rotatable bonds is 10. The van der Waals surface area contributed by atoms with E-state index in [0.717, 1.165) is 29.8 Å². The van der Waals surface area contributed by atoms with Crippen molar-refractivity contribution in [3.8, 4) is 5.75 Å². The lowest BCUT2D eigenvalue weighted by molar-refractivity contribution is 0.0477. The van der Waals surface area contributed by atoms with Crippen LogP contribution in [0.2, 0.25) is 0 Å². The maximum atomic E-state index is 12.9. The molecule has 6 nitrogen and oxygen atoms in total. The van der Waals surface area contributed by atoms with E-state index in [1.807, 2.05) is 35.3 Å². The molecule has 29 heavy (non-hydrogen) atoms. The minimum Gasteiger partial charge on any atom is -0.493 e. The minimum atomic E-state index is -3.62. The first-order valence-electron chi connectivity index (χ1n) is 10.0. The molecule has 2 aromatic rings. The topological polar surface area (TPSA) is 78.9 Å². The van der Waals surface area contributed by atoms with Crippen molar-refractivity contribution < 1.29 is 18.3 Å². The third-order valence-corrected chi connectivity index (χ3v) is 6.89. The third kappa shape index (κ3) is 6.02. The lowest BCUT2D eigenvalue weighted by Crippen LogP contribution is -2.49. The molecule has 7 heteroatoms. The van der Waals surface area contributed by atoms with Gasteiger partial charge in [-0.1, -0.05) is 37.3 Å². The van der Waals surface area contributed by atoms with Gasteiger partial charge in [0.15, 0.2) is 9.84 Å². The molecule has 2 aromatic carbocycles. The van der Waals surface area contributed by atoms with Gasteiger partial charge in [-0.3, -0.25) is 5.43 Å². The molecule has 0 saturated carbocycles. The quantitative estimate of drug-likeness (QED) is 0.578. The number of hydrogen-bond acceptors (Lipinski definition) is 6. The van der Waals surface area contributed by atoms with Gasteiger partial charge in [0, 0.05) is 26.1 Å². The molecule has 0 bridgehead atoms. The summed E-state index contributed by atoms with van der Waals surface area (Å²) in [6.07, 6.45) is 1.65. The van der Waals surface area contributed by atoms with Crippen LogP contribution in [-0.2, 0) is 22.8 Å². The van der Waals surface area contributed by atoms with Crippen LogP contribution >= 0.6 is 0 Å². The van der Waals surface area contributed by atoms with Gasteiger partial charge in [0.2, 0.25) is 0 Å². The van der Waals surface area contributed by atoms with Crippen molar-refractivity contribution in [3.05, 3.63) is 59.7 Å². The zero-order chi connectivity index (χ0) is 20.9. The number of fused-ring (bicyclic) bond motifs is 1. The number of nitrogens with zero attached hydrogens (tertiary/aromatic N) is 1. The fraction of sp³-hybridized carbons (Fsp3) is 0.455. The smallest absolute Gasteiger partial charge is 0.181 e. The van der Waals surface area contributed by atoms with Crippen LogP contribution in [0, 0.1) is 0 Å². The van der Waals surface area contributed by atoms with Gasteiger partial charge < -0.3 is 9.84 Å². The van der Waals surface area contributed by atoms with Gasteiger partial charge in [0.25, 0.3) is 0 Å². The number of benzene rings is 2. The summed E-state index contributed by atoms with van der Waals surface area (Å²) in [5, 5.41) is 12.8. The molecule has 0 saturated heterocycles. The van der Waals surface area contributed by atoms with Gasteiger partial charge in [0.1, 0.15) is 5.75 Å². The molecule has 0 amide bonds. The van der Waals surface area contributed by atoms with Crippen molar-refractivity contribution in [2.75, 3.05) is 25.4 Å². The number of aliphatic hydroxyl groups is 1. The summed E-state index contributed by atoms with van der Waals surface area (Å²) < 4.78 is 31.2. The average Bonchev–Trinajstić information content (AvgIpc) is 3.14. The Morgan fingerprint density at radius 2 is 1.97 bits per heavy atom. The molecule has 1 heterocycles. The molecular weight excluding hydrogens is 388 g/mol. The number of sulfone groups is 1. The minimum absolute atomic E-state index is 0.146. The van der Waals surface area contributed by atoms with Gasteiger partial charge >= 0.3 is 0 Å². The van der Waals surface area contributed by atoms with Gasteiger partial charge in [-0.2, -0.15) is 0 Å². The molecule has 0 radical (unpaired) electrons. The van der Waals surface area contributed by atoms with Gasteiger partial charge in [0.05, 0.1) is 22.9 Å². The molecule has 3 rings (SSSR count). The number of ether oxygens (including phenoxy) is 1. The van der Waals surface area contributed by atoms with Gasteiger partial charge in [-0.05, 0) is 42.7 Å². The zero-order valence-electron chi connectivity index (χ0n) is 17.1. The Labute approximate surface area is 173 Å². The van der Waals surface area contributed by atoms with Crippen molar-refractivity contribution in [2.24, 2.45) is 0 Å². The average molecular weight is 419 g/mol. The van der Waals surface area contributed by atoms with E-state index in [0.29, 0.717) is 19.6 Å². The van der Waals surface area contributed by atoms with E-state index in [9.17, 15) is 13.5 Å². The number of nitrogens with one attached hydrogen (secondary N) is 1. The van der Waals surface area contributed by atoms with Crippen LogP contribution in [0.15, 0.2) is 53.4 Å². The van der Waals surface area contributed by atoms with Crippen LogP contribution < -0.4 is 10.2 Å². The van der Waals surface area contributed by atoms with Crippen LogP contribution in [0.3, 0.4) is 0 Å². The second kappa shape index (κ2) is 9.26. The predicted molar refractivity (Wildman–Crippen MR) is 113 cm³/mol. The van der Waals surface area contributed by atoms with E-state index in [-0.39, 0.29) is 17.2 Å². The van der Waals surface area contributed by atoms with Gasteiger partial charge in [-0.15, -0.1) is 0 Å². The van der Waals surface area contributed by atoms with E-state index in [1.165, 1.54) is 0 Å². The normalized spacial score (nSPS) is 15.7. The fourth-order valence-electron chi connectivity index (χ4n) is 3.47. The van der Waals surface area contributed by atoms with Crippen LogP contribution in [-0.4, -0.2) is 49.6 Å². The van der Waals surface area contributed by atoms with Crippen molar-refractivity contribution in [2.45, 2.75) is 43.7 Å². The molecule has 158 valence electrons. The van der Waals surface area contributed by atoms with Crippen molar-refractivity contribution in [1.29, 1.82) is 0 Å². The first-order chi connectivity index (χ1) is 13.8. The Morgan fingerprint density at radius 1 is 1.21 bits per heavy atom. The van der Waals surface area contributed by atoms with Crippen LogP contribution in [0.1, 0.15) is 31.4 Å². The van der Waals surface area contributed by atoms with Crippen LogP contribution in [0.4, 0.5) is 0 Å². The zero-order valence-corrected chi connectivity index (χ0v) is 17.9. The van der Waals surface area contributed by atoms with Crippen LogP contribution in [0.25, 0.3) is 0 Å².